The quantitative estimate of drug-likeness (QED) is 0.730. The van der Waals surface area contributed by atoms with Crippen LogP contribution in [0.1, 0.15) is 19.4 Å². The predicted octanol–water partition coefficient (Wildman–Crippen LogP) is 3.32. The summed E-state index contributed by atoms with van der Waals surface area (Å²) >= 11 is 4.25. The van der Waals surface area contributed by atoms with E-state index in [1.165, 1.54) is 0 Å². The highest BCUT2D eigenvalue weighted by atomic mass is 32.1. The summed E-state index contributed by atoms with van der Waals surface area (Å²) in [5, 5.41) is 0. The summed E-state index contributed by atoms with van der Waals surface area (Å²) in [6, 6.07) is 5.94. The Kier molecular flexibility index (Phi) is 3.67. The summed E-state index contributed by atoms with van der Waals surface area (Å²) in [5.41, 5.74) is 1.15. The Morgan fingerprint density at radius 3 is 2.62 bits per heavy atom. The lowest BCUT2D eigenvalue weighted by atomic mass is 10.2. The minimum absolute atomic E-state index is 0.565. The molecule has 0 amide bonds. The molecule has 0 aliphatic carbocycles. The van der Waals surface area contributed by atoms with Crippen LogP contribution < -0.4 is 4.74 Å². The number of rotatable bonds is 3. The van der Waals surface area contributed by atoms with Gasteiger partial charge in [-0.25, -0.2) is 0 Å². The Morgan fingerprint density at radius 1 is 1.38 bits per heavy atom. The lowest BCUT2D eigenvalue weighted by molar-refractivity contribution is 0.269. The second-order valence-corrected chi connectivity index (χ2v) is 4.17. The van der Waals surface area contributed by atoms with Crippen LogP contribution in [0.4, 0.5) is 0 Å². The molecule has 1 aromatic rings. The van der Waals surface area contributed by atoms with Gasteiger partial charge < -0.3 is 4.74 Å². The van der Waals surface area contributed by atoms with Crippen LogP contribution in [0.3, 0.4) is 0 Å². The van der Waals surface area contributed by atoms with Crippen molar-refractivity contribution in [1.82, 2.24) is 0 Å². The molecule has 13 heavy (non-hydrogen) atoms. The molecule has 0 unspecified atom stereocenters. The van der Waals surface area contributed by atoms with Gasteiger partial charge in [0.15, 0.2) is 0 Å². The van der Waals surface area contributed by atoms with Gasteiger partial charge in [0.25, 0.3) is 0 Å². The van der Waals surface area contributed by atoms with Gasteiger partial charge in [-0.1, -0.05) is 13.8 Å². The van der Waals surface area contributed by atoms with Gasteiger partial charge >= 0.3 is 0 Å². The molecule has 1 rings (SSSR count). The van der Waals surface area contributed by atoms with Crippen LogP contribution >= 0.6 is 12.6 Å². The van der Waals surface area contributed by atoms with Gasteiger partial charge in [-0.05, 0) is 36.6 Å². The van der Waals surface area contributed by atoms with Gasteiger partial charge in [-0.15, -0.1) is 12.6 Å². The Balaban J connectivity index is 2.67. The zero-order chi connectivity index (χ0) is 9.84. The molecule has 72 valence electrons. The third-order valence-corrected chi connectivity index (χ3v) is 2.01. The van der Waals surface area contributed by atoms with Crippen LogP contribution in [0.5, 0.6) is 5.75 Å². The monoisotopic (exact) mass is 196 g/mol. The summed E-state index contributed by atoms with van der Waals surface area (Å²) in [6.45, 7) is 7.09. The molecule has 0 radical (unpaired) electrons. The van der Waals surface area contributed by atoms with Gasteiger partial charge in [0, 0.05) is 4.90 Å². The smallest absolute Gasteiger partial charge is 0.122 e. The minimum Gasteiger partial charge on any atom is -0.493 e. The Hall–Kier alpha value is -0.630. The van der Waals surface area contributed by atoms with E-state index in [0.29, 0.717) is 5.92 Å². The lowest BCUT2D eigenvalue weighted by Crippen LogP contribution is -2.05. The number of thiol groups is 1. The van der Waals surface area contributed by atoms with E-state index in [1.54, 1.807) is 0 Å². The Bertz CT molecular complexity index is 281. The first-order chi connectivity index (χ1) is 6.09. The normalized spacial score (nSPS) is 10.5. The van der Waals surface area contributed by atoms with E-state index in [-0.39, 0.29) is 0 Å². The third-order valence-electron chi connectivity index (χ3n) is 1.73. The van der Waals surface area contributed by atoms with E-state index >= 15 is 0 Å². The van der Waals surface area contributed by atoms with E-state index < -0.39 is 0 Å². The van der Waals surface area contributed by atoms with Crippen LogP contribution in [0.25, 0.3) is 0 Å². The lowest BCUT2D eigenvalue weighted by Gasteiger charge is -2.11. The maximum absolute atomic E-state index is 5.62. The first-order valence-corrected chi connectivity index (χ1v) is 4.96. The van der Waals surface area contributed by atoms with Crippen LogP contribution in [0.2, 0.25) is 0 Å². The fraction of sp³-hybridized carbons (Fsp3) is 0.455. The van der Waals surface area contributed by atoms with Crippen molar-refractivity contribution in [2.75, 3.05) is 6.61 Å². The standard InChI is InChI=1S/C11H16OS/c1-8(2)7-12-11-5-4-10(13)6-9(11)3/h4-6,8,13H,7H2,1-3H3. The van der Waals surface area contributed by atoms with Crippen molar-refractivity contribution in [3.8, 4) is 5.75 Å². The fourth-order valence-electron chi connectivity index (χ4n) is 1.05. The molecule has 0 aliphatic heterocycles. The minimum atomic E-state index is 0.565. The first-order valence-electron chi connectivity index (χ1n) is 4.52. The van der Waals surface area contributed by atoms with Gasteiger partial charge in [-0.2, -0.15) is 0 Å². The molecule has 0 spiro atoms. The largest absolute Gasteiger partial charge is 0.493 e. The van der Waals surface area contributed by atoms with Gasteiger partial charge in [0.05, 0.1) is 6.61 Å². The molecular formula is C11H16OS. The van der Waals surface area contributed by atoms with Gasteiger partial charge in [-0.3, -0.25) is 0 Å². The summed E-state index contributed by atoms with van der Waals surface area (Å²) < 4.78 is 5.62. The van der Waals surface area contributed by atoms with Crippen LogP contribution in [-0.4, -0.2) is 6.61 Å². The second kappa shape index (κ2) is 4.56. The molecule has 2 heteroatoms. The average Bonchev–Trinajstić information content (AvgIpc) is 2.02. The average molecular weight is 196 g/mol. The van der Waals surface area contributed by atoms with E-state index in [4.69, 9.17) is 4.74 Å². The van der Waals surface area contributed by atoms with Crippen molar-refractivity contribution < 1.29 is 4.74 Å². The molecule has 0 bridgehead atoms. The number of benzene rings is 1. The Labute approximate surface area is 85.5 Å². The summed E-state index contributed by atoms with van der Waals surface area (Å²) in [4.78, 5) is 0.981. The van der Waals surface area contributed by atoms with Crippen LogP contribution in [0.15, 0.2) is 23.1 Å². The molecule has 0 aliphatic rings. The predicted molar refractivity (Wildman–Crippen MR) is 58.8 cm³/mol. The van der Waals surface area contributed by atoms with E-state index in [0.717, 1.165) is 22.8 Å². The summed E-state index contributed by atoms with van der Waals surface area (Å²) in [7, 11) is 0. The molecule has 1 nitrogen and oxygen atoms in total. The maximum atomic E-state index is 5.62. The summed E-state index contributed by atoms with van der Waals surface area (Å²) in [5.74, 6) is 1.53. The first kappa shape index (κ1) is 10.5. The molecule has 0 saturated carbocycles. The van der Waals surface area contributed by atoms with Crippen molar-refractivity contribution in [3.63, 3.8) is 0 Å². The molecule has 0 atom stereocenters. The topological polar surface area (TPSA) is 9.23 Å². The highest BCUT2D eigenvalue weighted by Gasteiger charge is 2.00. The van der Waals surface area contributed by atoms with Crippen molar-refractivity contribution in [2.24, 2.45) is 5.92 Å². The fourth-order valence-corrected chi connectivity index (χ4v) is 1.32. The van der Waals surface area contributed by atoms with Crippen LogP contribution in [0, 0.1) is 12.8 Å². The zero-order valence-electron chi connectivity index (χ0n) is 8.37. The molecule has 0 heterocycles. The van der Waals surface area contributed by atoms with Crippen molar-refractivity contribution in [2.45, 2.75) is 25.7 Å². The number of hydrogen-bond acceptors (Lipinski definition) is 2. The third kappa shape index (κ3) is 3.31. The highest BCUT2D eigenvalue weighted by Crippen LogP contribution is 2.21. The maximum Gasteiger partial charge on any atom is 0.122 e. The highest BCUT2D eigenvalue weighted by molar-refractivity contribution is 7.80. The van der Waals surface area contributed by atoms with Crippen molar-refractivity contribution in [1.29, 1.82) is 0 Å². The molecule has 1 aromatic carbocycles. The Morgan fingerprint density at radius 2 is 2.08 bits per heavy atom. The van der Waals surface area contributed by atoms with E-state index in [9.17, 15) is 0 Å². The SMILES string of the molecule is Cc1cc(S)ccc1OCC(C)C. The second-order valence-electron chi connectivity index (χ2n) is 3.65. The zero-order valence-corrected chi connectivity index (χ0v) is 9.27. The number of ether oxygens (including phenoxy) is 1. The molecule has 0 aromatic heterocycles. The van der Waals surface area contributed by atoms with Crippen molar-refractivity contribution in [3.05, 3.63) is 23.8 Å². The van der Waals surface area contributed by atoms with Crippen molar-refractivity contribution >= 4 is 12.6 Å². The molecular weight excluding hydrogens is 180 g/mol. The van der Waals surface area contributed by atoms with E-state index in [1.807, 2.05) is 25.1 Å². The number of hydrogen-bond donors (Lipinski definition) is 1. The molecule has 0 saturated heterocycles. The van der Waals surface area contributed by atoms with E-state index in [2.05, 4.69) is 26.5 Å². The van der Waals surface area contributed by atoms with Crippen LogP contribution in [-0.2, 0) is 0 Å². The molecule has 0 fully saturated rings. The van der Waals surface area contributed by atoms with Gasteiger partial charge in [0.2, 0.25) is 0 Å². The molecule has 0 N–H and O–H groups in total. The summed E-state index contributed by atoms with van der Waals surface area (Å²) in [6.07, 6.45) is 0. The number of aryl methyl sites for hydroxylation is 1. The van der Waals surface area contributed by atoms with Gasteiger partial charge in [0.1, 0.15) is 5.75 Å².